The van der Waals surface area contributed by atoms with Crippen LogP contribution in [0.3, 0.4) is 0 Å². The molecule has 0 aromatic rings. The lowest BCUT2D eigenvalue weighted by Crippen LogP contribution is -2.48. The highest BCUT2D eigenvalue weighted by Crippen LogP contribution is 2.04. The Morgan fingerprint density at radius 1 is 1.05 bits per heavy atom. The molecule has 1 amide bonds. The van der Waals surface area contributed by atoms with E-state index in [0.717, 1.165) is 25.7 Å². The number of amides is 1. The van der Waals surface area contributed by atoms with Crippen LogP contribution in [-0.2, 0) is 14.3 Å². The van der Waals surface area contributed by atoms with Gasteiger partial charge < -0.3 is 27.3 Å². The fraction of sp³-hybridized carbons (Fsp3) is 0.846. The zero-order valence-corrected chi connectivity index (χ0v) is 12.3. The van der Waals surface area contributed by atoms with Crippen molar-refractivity contribution in [1.82, 2.24) is 5.32 Å². The SMILES string of the molecule is COC(=O)C(CCCCN)NC(=O)C(N)CCCCN. The number of ether oxygens (including phenoxy) is 1. The number of carbonyl (C=O) groups excluding carboxylic acids is 2. The van der Waals surface area contributed by atoms with Gasteiger partial charge in [-0.15, -0.1) is 0 Å². The van der Waals surface area contributed by atoms with Gasteiger partial charge in [-0.05, 0) is 45.2 Å². The van der Waals surface area contributed by atoms with Crippen LogP contribution in [0.1, 0.15) is 38.5 Å². The molecule has 118 valence electrons. The largest absolute Gasteiger partial charge is 0.467 e. The summed E-state index contributed by atoms with van der Waals surface area (Å²) < 4.78 is 4.68. The molecule has 0 aromatic heterocycles. The van der Waals surface area contributed by atoms with Crippen molar-refractivity contribution in [2.45, 2.75) is 50.6 Å². The smallest absolute Gasteiger partial charge is 0.328 e. The summed E-state index contributed by atoms with van der Waals surface area (Å²) >= 11 is 0. The van der Waals surface area contributed by atoms with Crippen LogP contribution < -0.4 is 22.5 Å². The van der Waals surface area contributed by atoms with Crippen molar-refractivity contribution in [3.05, 3.63) is 0 Å². The standard InChI is InChI=1S/C13H28N4O3/c1-20-13(19)11(7-3-5-9-15)17-12(18)10(16)6-2-4-8-14/h10-11H,2-9,14-16H2,1H3,(H,17,18). The topological polar surface area (TPSA) is 133 Å². The highest BCUT2D eigenvalue weighted by atomic mass is 16.5. The second-order valence-electron chi connectivity index (χ2n) is 4.76. The van der Waals surface area contributed by atoms with Crippen molar-refractivity contribution in [2.75, 3.05) is 20.2 Å². The summed E-state index contributed by atoms with van der Waals surface area (Å²) in [5, 5.41) is 2.64. The van der Waals surface area contributed by atoms with Crippen LogP contribution in [0.4, 0.5) is 0 Å². The summed E-state index contributed by atoms with van der Waals surface area (Å²) in [6.45, 7) is 1.14. The first-order chi connectivity index (χ1) is 9.56. The predicted molar refractivity (Wildman–Crippen MR) is 77.7 cm³/mol. The molecule has 0 aliphatic heterocycles. The van der Waals surface area contributed by atoms with Crippen LogP contribution in [0.25, 0.3) is 0 Å². The molecule has 0 heterocycles. The molecule has 0 saturated carbocycles. The maximum Gasteiger partial charge on any atom is 0.328 e. The van der Waals surface area contributed by atoms with E-state index in [2.05, 4.69) is 10.1 Å². The molecule has 0 fully saturated rings. The summed E-state index contributed by atoms with van der Waals surface area (Å²) in [7, 11) is 1.30. The number of unbranched alkanes of at least 4 members (excludes halogenated alkanes) is 2. The highest BCUT2D eigenvalue weighted by molar-refractivity contribution is 5.87. The van der Waals surface area contributed by atoms with Gasteiger partial charge in [0.2, 0.25) is 5.91 Å². The van der Waals surface area contributed by atoms with Gasteiger partial charge in [0.1, 0.15) is 6.04 Å². The van der Waals surface area contributed by atoms with Crippen LogP contribution in [0.5, 0.6) is 0 Å². The molecule has 20 heavy (non-hydrogen) atoms. The highest BCUT2D eigenvalue weighted by Gasteiger charge is 2.23. The van der Waals surface area contributed by atoms with Crippen LogP contribution in [-0.4, -0.2) is 44.2 Å². The van der Waals surface area contributed by atoms with Crippen LogP contribution in [0, 0.1) is 0 Å². The number of esters is 1. The first-order valence-corrected chi connectivity index (χ1v) is 7.10. The zero-order valence-electron chi connectivity index (χ0n) is 12.3. The number of methoxy groups -OCH3 is 1. The van der Waals surface area contributed by atoms with E-state index in [1.807, 2.05) is 0 Å². The number of nitrogens with two attached hydrogens (primary N) is 3. The van der Waals surface area contributed by atoms with Gasteiger partial charge in [-0.25, -0.2) is 4.79 Å². The molecule has 7 nitrogen and oxygen atoms in total. The molecular weight excluding hydrogens is 260 g/mol. The zero-order chi connectivity index (χ0) is 15.4. The van der Waals surface area contributed by atoms with Gasteiger partial charge in [0, 0.05) is 0 Å². The van der Waals surface area contributed by atoms with Crippen LogP contribution in [0.15, 0.2) is 0 Å². The average molecular weight is 288 g/mol. The third kappa shape index (κ3) is 8.08. The molecule has 2 atom stereocenters. The number of hydrogen-bond acceptors (Lipinski definition) is 6. The molecule has 0 spiro atoms. The summed E-state index contributed by atoms with van der Waals surface area (Å²) in [5.74, 6) is -0.783. The Morgan fingerprint density at radius 3 is 2.10 bits per heavy atom. The number of carbonyl (C=O) groups is 2. The van der Waals surface area contributed by atoms with E-state index in [1.54, 1.807) is 0 Å². The number of rotatable bonds is 11. The molecule has 0 saturated heterocycles. The lowest BCUT2D eigenvalue weighted by Gasteiger charge is -2.19. The Balaban J connectivity index is 4.25. The van der Waals surface area contributed by atoms with Gasteiger partial charge in [-0.3, -0.25) is 4.79 Å². The first kappa shape index (κ1) is 18.8. The van der Waals surface area contributed by atoms with Crippen molar-refractivity contribution >= 4 is 11.9 Å². The van der Waals surface area contributed by atoms with E-state index >= 15 is 0 Å². The molecule has 0 aliphatic carbocycles. The molecule has 2 unspecified atom stereocenters. The Morgan fingerprint density at radius 2 is 1.60 bits per heavy atom. The van der Waals surface area contributed by atoms with Gasteiger partial charge in [0.15, 0.2) is 0 Å². The van der Waals surface area contributed by atoms with Crippen LogP contribution in [0.2, 0.25) is 0 Å². The van der Waals surface area contributed by atoms with E-state index in [1.165, 1.54) is 7.11 Å². The lowest BCUT2D eigenvalue weighted by atomic mass is 10.1. The summed E-state index contributed by atoms with van der Waals surface area (Å²) in [5.41, 5.74) is 16.6. The Hall–Kier alpha value is -1.18. The van der Waals surface area contributed by atoms with Gasteiger partial charge in [0.05, 0.1) is 13.2 Å². The van der Waals surface area contributed by atoms with E-state index in [9.17, 15) is 9.59 Å². The predicted octanol–water partition coefficient (Wildman–Crippen LogP) is -0.770. The Labute approximate surface area is 120 Å². The molecule has 0 radical (unpaired) electrons. The molecule has 0 aliphatic rings. The summed E-state index contributed by atoms with van der Waals surface area (Å²) in [6, 6.07) is -1.28. The molecule has 0 bridgehead atoms. The Bertz CT molecular complexity index is 287. The van der Waals surface area contributed by atoms with Crippen LogP contribution >= 0.6 is 0 Å². The molecular formula is C13H28N4O3. The molecule has 0 aromatic carbocycles. The maximum atomic E-state index is 11.9. The van der Waals surface area contributed by atoms with E-state index in [0.29, 0.717) is 25.9 Å². The second kappa shape index (κ2) is 11.6. The van der Waals surface area contributed by atoms with E-state index in [-0.39, 0.29) is 5.91 Å². The van der Waals surface area contributed by atoms with Gasteiger partial charge in [-0.2, -0.15) is 0 Å². The van der Waals surface area contributed by atoms with Crippen molar-refractivity contribution in [3.63, 3.8) is 0 Å². The quantitative estimate of drug-likeness (QED) is 0.291. The maximum absolute atomic E-state index is 11.9. The van der Waals surface area contributed by atoms with Crippen molar-refractivity contribution < 1.29 is 14.3 Å². The van der Waals surface area contributed by atoms with Gasteiger partial charge in [-0.1, -0.05) is 6.42 Å². The Kier molecular flexibility index (Phi) is 10.9. The lowest BCUT2D eigenvalue weighted by molar-refractivity contribution is -0.145. The third-order valence-electron chi connectivity index (χ3n) is 3.06. The minimum absolute atomic E-state index is 0.329. The fourth-order valence-corrected chi connectivity index (χ4v) is 1.80. The number of hydrogen-bond donors (Lipinski definition) is 4. The van der Waals surface area contributed by atoms with Crippen molar-refractivity contribution in [1.29, 1.82) is 0 Å². The number of nitrogens with one attached hydrogen (secondary N) is 1. The van der Waals surface area contributed by atoms with E-state index < -0.39 is 18.1 Å². The van der Waals surface area contributed by atoms with Gasteiger partial charge in [0.25, 0.3) is 0 Å². The fourth-order valence-electron chi connectivity index (χ4n) is 1.80. The monoisotopic (exact) mass is 288 g/mol. The minimum Gasteiger partial charge on any atom is -0.467 e. The summed E-state index contributed by atoms with van der Waals surface area (Å²) in [4.78, 5) is 23.5. The normalized spacial score (nSPS) is 13.6. The molecule has 7 heteroatoms. The molecule has 0 rings (SSSR count). The first-order valence-electron chi connectivity index (χ1n) is 7.10. The van der Waals surface area contributed by atoms with E-state index in [4.69, 9.17) is 17.2 Å². The van der Waals surface area contributed by atoms with Crippen molar-refractivity contribution in [2.24, 2.45) is 17.2 Å². The summed E-state index contributed by atoms with van der Waals surface area (Å²) in [6.07, 6.45) is 4.23. The van der Waals surface area contributed by atoms with Crippen molar-refractivity contribution in [3.8, 4) is 0 Å². The second-order valence-corrected chi connectivity index (χ2v) is 4.76. The van der Waals surface area contributed by atoms with Gasteiger partial charge >= 0.3 is 5.97 Å². The third-order valence-corrected chi connectivity index (χ3v) is 3.06. The minimum atomic E-state index is -0.653. The average Bonchev–Trinajstić information content (AvgIpc) is 2.45. The molecule has 7 N–H and O–H groups in total.